The number of amides is 3. The van der Waals surface area contributed by atoms with E-state index >= 15 is 0 Å². The molecule has 172 valence electrons. The maximum absolute atomic E-state index is 13.3. The number of ether oxygens (including phenoxy) is 1. The number of carboxylic acid groups (broad SMARTS) is 2. The zero-order valence-corrected chi connectivity index (χ0v) is 18.0. The number of nitrogens with zero attached hydrogens (tertiary/aromatic N) is 3. The van der Waals surface area contributed by atoms with Gasteiger partial charge in [0.05, 0.1) is 6.54 Å². The van der Waals surface area contributed by atoms with Crippen LogP contribution >= 0.6 is 0 Å². The summed E-state index contributed by atoms with van der Waals surface area (Å²) in [5.41, 5.74) is -3.01. The molecule has 2 aliphatic rings. The van der Waals surface area contributed by atoms with E-state index in [1.165, 1.54) is 11.0 Å². The van der Waals surface area contributed by atoms with Crippen molar-refractivity contribution in [3.63, 3.8) is 0 Å². The van der Waals surface area contributed by atoms with Crippen LogP contribution in [0.25, 0.3) is 0 Å². The molecule has 11 heteroatoms. The number of hydrogen-bond donors (Lipinski definition) is 2. The topological polar surface area (TPSA) is 145 Å². The number of benzene rings is 1. The van der Waals surface area contributed by atoms with Gasteiger partial charge in [-0.3, -0.25) is 19.4 Å². The predicted octanol–water partition coefficient (Wildman–Crippen LogP) is 0.630. The van der Waals surface area contributed by atoms with E-state index in [1.54, 1.807) is 39.0 Å². The van der Waals surface area contributed by atoms with E-state index < -0.39 is 41.0 Å². The lowest BCUT2D eigenvalue weighted by molar-refractivity contribution is -0.176. The van der Waals surface area contributed by atoms with Gasteiger partial charge in [-0.15, -0.1) is 0 Å². The third-order valence-electron chi connectivity index (χ3n) is 5.40. The minimum atomic E-state index is -3.00. The molecule has 0 bridgehead atoms. The summed E-state index contributed by atoms with van der Waals surface area (Å²) in [6.07, 6.45) is -0.620. The number of imide groups is 1. The Morgan fingerprint density at radius 2 is 1.50 bits per heavy atom. The SMILES string of the molecule is CC(C)(C)OC(=O)N1CCN(C(C(=O)O)(C(=O)O)C(=O)N2Cc3ccccc3C2=O)CC1. The molecule has 1 aromatic carbocycles. The van der Waals surface area contributed by atoms with Gasteiger partial charge in [-0.2, -0.15) is 0 Å². The van der Waals surface area contributed by atoms with E-state index in [2.05, 4.69) is 0 Å². The van der Waals surface area contributed by atoms with Crippen molar-refractivity contribution in [3.8, 4) is 0 Å². The monoisotopic (exact) mass is 447 g/mol. The second-order valence-electron chi connectivity index (χ2n) is 8.63. The van der Waals surface area contributed by atoms with Crippen LogP contribution in [-0.4, -0.2) is 92.1 Å². The lowest BCUT2D eigenvalue weighted by Gasteiger charge is -2.42. The van der Waals surface area contributed by atoms with E-state index in [0.29, 0.717) is 10.5 Å². The first-order chi connectivity index (χ1) is 14.9. The summed E-state index contributed by atoms with van der Waals surface area (Å²) in [6, 6.07) is 6.37. The van der Waals surface area contributed by atoms with E-state index in [9.17, 15) is 34.2 Å². The molecule has 0 saturated carbocycles. The van der Waals surface area contributed by atoms with Gasteiger partial charge in [0, 0.05) is 31.7 Å². The summed E-state index contributed by atoms with van der Waals surface area (Å²) in [6.45, 7) is 4.38. The van der Waals surface area contributed by atoms with Crippen molar-refractivity contribution < 1.29 is 38.9 Å². The van der Waals surface area contributed by atoms with Gasteiger partial charge >= 0.3 is 18.0 Å². The summed E-state index contributed by atoms with van der Waals surface area (Å²) in [4.78, 5) is 65.8. The van der Waals surface area contributed by atoms with Gasteiger partial charge in [0.1, 0.15) is 5.60 Å². The molecule has 2 N–H and O–H groups in total. The highest BCUT2D eigenvalue weighted by atomic mass is 16.6. The molecule has 2 heterocycles. The van der Waals surface area contributed by atoms with E-state index in [1.807, 2.05) is 0 Å². The van der Waals surface area contributed by atoms with Crippen LogP contribution in [0.4, 0.5) is 4.79 Å². The Morgan fingerprint density at radius 3 is 2.00 bits per heavy atom. The lowest BCUT2D eigenvalue weighted by Crippen LogP contribution is -2.71. The third kappa shape index (κ3) is 3.91. The Morgan fingerprint density at radius 1 is 0.938 bits per heavy atom. The Kier molecular flexibility index (Phi) is 5.96. The normalized spacial score (nSPS) is 17.2. The molecular weight excluding hydrogens is 422 g/mol. The zero-order chi connectivity index (χ0) is 23.8. The fraction of sp³-hybridized carbons (Fsp3) is 0.476. The molecule has 0 aromatic heterocycles. The van der Waals surface area contributed by atoms with Gasteiger partial charge in [0.25, 0.3) is 17.4 Å². The van der Waals surface area contributed by atoms with Crippen LogP contribution in [0.15, 0.2) is 24.3 Å². The first-order valence-corrected chi connectivity index (χ1v) is 10.0. The minimum absolute atomic E-state index is 0.0430. The van der Waals surface area contributed by atoms with Gasteiger partial charge < -0.3 is 19.8 Å². The van der Waals surface area contributed by atoms with Gasteiger partial charge in [0.15, 0.2) is 0 Å². The number of carbonyl (C=O) groups excluding carboxylic acids is 3. The average molecular weight is 447 g/mol. The van der Waals surface area contributed by atoms with Crippen molar-refractivity contribution >= 4 is 29.8 Å². The van der Waals surface area contributed by atoms with Crippen LogP contribution in [0.3, 0.4) is 0 Å². The molecule has 3 amide bonds. The summed E-state index contributed by atoms with van der Waals surface area (Å²) in [7, 11) is 0. The molecular formula is C21H25N3O8. The number of carbonyl (C=O) groups is 5. The largest absolute Gasteiger partial charge is 0.479 e. The summed E-state index contributed by atoms with van der Waals surface area (Å²) >= 11 is 0. The molecule has 2 aliphatic heterocycles. The number of hydrogen-bond acceptors (Lipinski definition) is 7. The van der Waals surface area contributed by atoms with Gasteiger partial charge in [-0.1, -0.05) is 18.2 Å². The quantitative estimate of drug-likeness (QED) is 0.635. The molecule has 11 nitrogen and oxygen atoms in total. The van der Waals surface area contributed by atoms with Crippen LogP contribution in [0.5, 0.6) is 0 Å². The summed E-state index contributed by atoms with van der Waals surface area (Å²) in [5, 5.41) is 19.8. The Labute approximate surface area is 184 Å². The number of rotatable bonds is 4. The standard InChI is InChI=1S/C21H25N3O8/c1-20(2,3)32-19(31)22-8-10-23(11-9-22)21(17(27)28,18(29)30)16(26)24-12-13-6-4-5-7-14(13)15(24)25/h4-7H,8-12H2,1-3H3,(H,27,28)(H,29,30). The molecule has 1 fully saturated rings. The highest BCUT2D eigenvalue weighted by Crippen LogP contribution is 2.29. The number of piperazine rings is 1. The van der Waals surface area contributed by atoms with Crippen molar-refractivity contribution in [2.24, 2.45) is 0 Å². The Balaban J connectivity index is 1.86. The van der Waals surface area contributed by atoms with Gasteiger partial charge in [-0.25, -0.2) is 14.4 Å². The number of carboxylic acids is 2. The minimum Gasteiger partial charge on any atom is -0.479 e. The van der Waals surface area contributed by atoms with E-state index in [0.717, 1.165) is 4.90 Å². The maximum atomic E-state index is 13.3. The number of aliphatic carboxylic acids is 2. The molecule has 0 atom stereocenters. The van der Waals surface area contributed by atoms with Crippen LogP contribution in [0.2, 0.25) is 0 Å². The predicted molar refractivity (Wildman–Crippen MR) is 109 cm³/mol. The molecule has 1 saturated heterocycles. The fourth-order valence-electron chi connectivity index (χ4n) is 3.84. The smallest absolute Gasteiger partial charge is 0.410 e. The van der Waals surface area contributed by atoms with Crippen LogP contribution in [0, 0.1) is 0 Å². The highest BCUT2D eigenvalue weighted by molar-refractivity contribution is 6.27. The first-order valence-electron chi connectivity index (χ1n) is 10.0. The zero-order valence-electron chi connectivity index (χ0n) is 18.0. The average Bonchev–Trinajstić information content (AvgIpc) is 3.04. The Bertz CT molecular complexity index is 962. The molecule has 0 aliphatic carbocycles. The molecule has 0 unspecified atom stereocenters. The van der Waals surface area contributed by atoms with Crippen LogP contribution < -0.4 is 0 Å². The van der Waals surface area contributed by atoms with Gasteiger partial charge in [-0.05, 0) is 32.4 Å². The maximum Gasteiger partial charge on any atom is 0.410 e. The van der Waals surface area contributed by atoms with Gasteiger partial charge in [0.2, 0.25) is 0 Å². The second-order valence-corrected chi connectivity index (χ2v) is 8.63. The Hall–Kier alpha value is -3.47. The summed E-state index contributed by atoms with van der Waals surface area (Å²) < 4.78 is 5.29. The van der Waals surface area contributed by atoms with Crippen molar-refractivity contribution in [2.45, 2.75) is 38.5 Å². The van der Waals surface area contributed by atoms with Crippen molar-refractivity contribution in [2.75, 3.05) is 26.2 Å². The first kappa shape index (κ1) is 23.2. The van der Waals surface area contributed by atoms with E-state index in [-0.39, 0.29) is 38.3 Å². The summed E-state index contributed by atoms with van der Waals surface area (Å²) in [5.74, 6) is -5.89. The third-order valence-corrected chi connectivity index (χ3v) is 5.40. The molecule has 32 heavy (non-hydrogen) atoms. The number of fused-ring (bicyclic) bond motifs is 1. The molecule has 1 aromatic rings. The molecule has 0 radical (unpaired) electrons. The van der Waals surface area contributed by atoms with Crippen molar-refractivity contribution in [3.05, 3.63) is 35.4 Å². The molecule has 0 spiro atoms. The van der Waals surface area contributed by atoms with Crippen molar-refractivity contribution in [1.29, 1.82) is 0 Å². The lowest BCUT2D eigenvalue weighted by atomic mass is 9.94. The van der Waals surface area contributed by atoms with Crippen LogP contribution in [0.1, 0.15) is 36.7 Å². The second kappa shape index (κ2) is 8.23. The van der Waals surface area contributed by atoms with E-state index in [4.69, 9.17) is 4.74 Å². The van der Waals surface area contributed by atoms with Crippen molar-refractivity contribution in [1.82, 2.24) is 14.7 Å². The van der Waals surface area contributed by atoms with Crippen LogP contribution in [-0.2, 0) is 25.7 Å². The molecule has 3 rings (SSSR count). The fourth-order valence-corrected chi connectivity index (χ4v) is 3.84. The highest BCUT2D eigenvalue weighted by Gasteiger charge is 2.62.